The lowest BCUT2D eigenvalue weighted by atomic mass is 9.43. The SMILES string of the molecule is Brc1ccccc1-c1ccc2c(c1)-c1ccccc1C21C2CC3CC(C2)CC1C3. The van der Waals surface area contributed by atoms with Crippen LogP contribution >= 0.6 is 15.9 Å². The van der Waals surface area contributed by atoms with Gasteiger partial charge in [0.2, 0.25) is 0 Å². The Hall–Kier alpha value is -1.86. The van der Waals surface area contributed by atoms with E-state index in [0.29, 0.717) is 0 Å². The highest BCUT2D eigenvalue weighted by atomic mass is 79.9. The first kappa shape index (κ1) is 16.9. The molecule has 3 aromatic rings. The number of fused-ring (bicyclic) bond motifs is 3. The monoisotopic (exact) mass is 440 g/mol. The second-order valence-electron chi connectivity index (χ2n) is 9.96. The molecule has 0 aromatic heterocycles. The van der Waals surface area contributed by atoms with Gasteiger partial charge in [-0.3, -0.25) is 0 Å². The predicted octanol–water partition coefficient (Wildman–Crippen LogP) is 7.84. The molecule has 5 aliphatic carbocycles. The van der Waals surface area contributed by atoms with Crippen molar-refractivity contribution in [3.8, 4) is 22.3 Å². The lowest BCUT2D eigenvalue weighted by Gasteiger charge is -2.61. The molecule has 8 rings (SSSR count). The molecule has 1 heteroatoms. The van der Waals surface area contributed by atoms with Gasteiger partial charge in [-0.2, -0.15) is 0 Å². The molecule has 29 heavy (non-hydrogen) atoms. The van der Waals surface area contributed by atoms with Gasteiger partial charge in [-0.15, -0.1) is 0 Å². The van der Waals surface area contributed by atoms with Crippen molar-refractivity contribution >= 4 is 15.9 Å². The van der Waals surface area contributed by atoms with Gasteiger partial charge < -0.3 is 0 Å². The zero-order valence-corrected chi connectivity index (χ0v) is 18.2. The van der Waals surface area contributed by atoms with Crippen LogP contribution in [0.25, 0.3) is 22.3 Å². The molecule has 1 spiro atoms. The van der Waals surface area contributed by atoms with Gasteiger partial charge >= 0.3 is 0 Å². The normalized spacial score (nSPS) is 33.1. The van der Waals surface area contributed by atoms with E-state index in [0.717, 1.165) is 23.7 Å². The Labute approximate surface area is 181 Å². The maximum Gasteiger partial charge on any atom is 0.0271 e. The Balaban J connectivity index is 1.48. The molecule has 0 radical (unpaired) electrons. The fourth-order valence-corrected chi connectivity index (χ4v) is 8.54. The van der Waals surface area contributed by atoms with E-state index in [4.69, 9.17) is 0 Å². The summed E-state index contributed by atoms with van der Waals surface area (Å²) in [5, 5.41) is 0. The van der Waals surface area contributed by atoms with Gasteiger partial charge in [-0.25, -0.2) is 0 Å². The van der Waals surface area contributed by atoms with Crippen LogP contribution < -0.4 is 0 Å². The number of hydrogen-bond donors (Lipinski definition) is 0. The summed E-state index contributed by atoms with van der Waals surface area (Å²) in [7, 11) is 0. The fraction of sp³-hybridized carbons (Fsp3) is 0.357. The topological polar surface area (TPSA) is 0 Å². The highest BCUT2D eigenvalue weighted by Gasteiger charge is 2.61. The van der Waals surface area contributed by atoms with E-state index in [1.165, 1.54) is 58.8 Å². The molecule has 0 atom stereocenters. The van der Waals surface area contributed by atoms with Crippen molar-refractivity contribution in [2.75, 3.05) is 0 Å². The standard InChI is InChI=1S/C28H25Br/c29-27-8-4-2-5-22(27)19-9-10-26-24(16-19)23-6-1-3-7-25(23)28(26)20-12-17-11-18(14-20)15-21(28)13-17/h1-10,16-18,20-21H,11-15H2. The molecule has 0 nitrogen and oxygen atoms in total. The van der Waals surface area contributed by atoms with Crippen molar-refractivity contribution in [1.29, 1.82) is 0 Å². The second-order valence-corrected chi connectivity index (χ2v) is 10.8. The Morgan fingerprint density at radius 3 is 1.97 bits per heavy atom. The number of halogens is 1. The summed E-state index contributed by atoms with van der Waals surface area (Å²) < 4.78 is 1.18. The highest BCUT2D eigenvalue weighted by molar-refractivity contribution is 9.10. The largest absolute Gasteiger partial charge is 0.0619 e. The minimum atomic E-state index is 0.284. The molecule has 0 heterocycles. The van der Waals surface area contributed by atoms with E-state index in [1.807, 2.05) is 0 Å². The van der Waals surface area contributed by atoms with Crippen molar-refractivity contribution in [2.24, 2.45) is 23.7 Å². The van der Waals surface area contributed by atoms with Crippen molar-refractivity contribution < 1.29 is 0 Å². The van der Waals surface area contributed by atoms with Crippen LogP contribution in [-0.2, 0) is 5.41 Å². The van der Waals surface area contributed by atoms with Crippen molar-refractivity contribution in [3.05, 3.63) is 82.3 Å². The van der Waals surface area contributed by atoms with Gasteiger partial charge in [0.05, 0.1) is 0 Å². The summed E-state index contributed by atoms with van der Waals surface area (Å²) in [6.07, 6.45) is 7.32. The van der Waals surface area contributed by atoms with Crippen LogP contribution in [0.2, 0.25) is 0 Å². The Morgan fingerprint density at radius 1 is 0.621 bits per heavy atom. The smallest absolute Gasteiger partial charge is 0.0271 e. The van der Waals surface area contributed by atoms with Gasteiger partial charge in [0, 0.05) is 9.89 Å². The van der Waals surface area contributed by atoms with Crippen LogP contribution in [0.15, 0.2) is 71.2 Å². The quantitative estimate of drug-likeness (QED) is 0.361. The van der Waals surface area contributed by atoms with E-state index in [9.17, 15) is 0 Å². The lowest BCUT2D eigenvalue weighted by Crippen LogP contribution is -2.55. The summed E-state index contributed by atoms with van der Waals surface area (Å²) in [5.74, 6) is 3.68. The van der Waals surface area contributed by atoms with E-state index >= 15 is 0 Å². The van der Waals surface area contributed by atoms with E-state index in [1.54, 1.807) is 11.1 Å². The van der Waals surface area contributed by atoms with Crippen molar-refractivity contribution in [1.82, 2.24) is 0 Å². The van der Waals surface area contributed by atoms with Gasteiger partial charge in [-0.1, -0.05) is 70.5 Å². The molecular formula is C28H25Br. The maximum atomic E-state index is 3.77. The number of hydrogen-bond acceptors (Lipinski definition) is 0. The minimum Gasteiger partial charge on any atom is -0.0619 e. The maximum absolute atomic E-state index is 3.77. The molecule has 0 unspecified atom stereocenters. The molecule has 4 fully saturated rings. The summed E-state index contributed by atoms with van der Waals surface area (Å²) in [5.41, 5.74) is 9.19. The van der Waals surface area contributed by atoms with Crippen LogP contribution in [0.4, 0.5) is 0 Å². The molecule has 0 aliphatic heterocycles. The van der Waals surface area contributed by atoms with E-state index in [2.05, 4.69) is 82.7 Å². The average Bonchev–Trinajstić information content (AvgIpc) is 3.03. The zero-order chi connectivity index (χ0) is 19.2. The van der Waals surface area contributed by atoms with E-state index < -0.39 is 0 Å². The van der Waals surface area contributed by atoms with Crippen LogP contribution in [-0.4, -0.2) is 0 Å². The molecular weight excluding hydrogens is 416 g/mol. The zero-order valence-electron chi connectivity index (χ0n) is 16.6. The molecule has 3 aromatic carbocycles. The van der Waals surface area contributed by atoms with Crippen molar-refractivity contribution in [2.45, 2.75) is 37.5 Å². The molecule has 5 aliphatic rings. The van der Waals surface area contributed by atoms with Crippen molar-refractivity contribution in [3.63, 3.8) is 0 Å². The fourth-order valence-electron chi connectivity index (χ4n) is 8.02. The molecule has 4 saturated carbocycles. The van der Waals surface area contributed by atoms with Gasteiger partial charge in [0.1, 0.15) is 0 Å². The third-order valence-corrected chi connectivity index (χ3v) is 9.43. The summed E-state index contributed by atoms with van der Waals surface area (Å²) in [6.45, 7) is 0. The lowest BCUT2D eigenvalue weighted by molar-refractivity contribution is -0.0399. The average molecular weight is 441 g/mol. The van der Waals surface area contributed by atoms with Crippen LogP contribution in [0.5, 0.6) is 0 Å². The minimum absolute atomic E-state index is 0.284. The Morgan fingerprint density at radius 2 is 1.24 bits per heavy atom. The summed E-state index contributed by atoms with van der Waals surface area (Å²) in [6, 6.07) is 25.4. The molecule has 4 bridgehead atoms. The predicted molar refractivity (Wildman–Crippen MR) is 123 cm³/mol. The van der Waals surface area contributed by atoms with E-state index in [-0.39, 0.29) is 5.41 Å². The number of benzene rings is 3. The Kier molecular flexibility index (Phi) is 3.41. The second kappa shape index (κ2) is 5.85. The molecule has 0 amide bonds. The van der Waals surface area contributed by atoms with Gasteiger partial charge in [0.25, 0.3) is 0 Å². The summed E-state index contributed by atoms with van der Waals surface area (Å²) in [4.78, 5) is 0. The first-order valence-electron chi connectivity index (χ1n) is 11.2. The summed E-state index contributed by atoms with van der Waals surface area (Å²) >= 11 is 3.77. The van der Waals surface area contributed by atoms with Crippen LogP contribution in [0.1, 0.15) is 43.2 Å². The molecule has 0 saturated heterocycles. The van der Waals surface area contributed by atoms with Crippen LogP contribution in [0, 0.1) is 23.7 Å². The third kappa shape index (κ3) is 2.10. The Bertz CT molecular complexity index is 1110. The highest BCUT2D eigenvalue weighted by Crippen LogP contribution is 2.69. The van der Waals surface area contributed by atoms with Gasteiger partial charge in [-0.05, 0) is 101 Å². The first-order chi connectivity index (χ1) is 14.2. The van der Waals surface area contributed by atoms with Crippen LogP contribution in [0.3, 0.4) is 0 Å². The molecule has 0 N–H and O–H groups in total. The number of rotatable bonds is 1. The molecule has 144 valence electrons. The third-order valence-electron chi connectivity index (χ3n) is 8.74. The van der Waals surface area contributed by atoms with Gasteiger partial charge in [0.15, 0.2) is 0 Å². The first-order valence-corrected chi connectivity index (χ1v) is 12.0.